The van der Waals surface area contributed by atoms with Gasteiger partial charge in [-0.05, 0) is 35.6 Å². The molecule has 1 aromatic carbocycles. The van der Waals surface area contributed by atoms with Crippen molar-refractivity contribution in [3.05, 3.63) is 65.9 Å². The standard InChI is InChI=1S/C23H25NO2/c1-22(2,3)18-14-25-20-10-15(6-7-17(18)20)12-23(4,5)21-11-16-13-24-9-8-19(16)26-21/h6-11,13-14H,12H2,1-5H3. The number of benzene rings is 1. The van der Waals surface area contributed by atoms with Gasteiger partial charge >= 0.3 is 0 Å². The average Bonchev–Trinajstić information content (AvgIpc) is 3.18. The molecule has 0 aliphatic carbocycles. The molecule has 26 heavy (non-hydrogen) atoms. The maximum Gasteiger partial charge on any atom is 0.137 e. The van der Waals surface area contributed by atoms with Gasteiger partial charge in [0.05, 0.1) is 6.26 Å². The van der Waals surface area contributed by atoms with E-state index in [2.05, 4.69) is 63.9 Å². The highest BCUT2D eigenvalue weighted by Gasteiger charge is 2.26. The first kappa shape index (κ1) is 16.9. The van der Waals surface area contributed by atoms with Crippen molar-refractivity contribution in [1.29, 1.82) is 0 Å². The lowest BCUT2D eigenvalue weighted by atomic mass is 9.82. The van der Waals surface area contributed by atoms with E-state index in [1.165, 1.54) is 16.5 Å². The highest BCUT2D eigenvalue weighted by Crippen LogP contribution is 2.35. The van der Waals surface area contributed by atoms with E-state index >= 15 is 0 Å². The first-order valence-electron chi connectivity index (χ1n) is 9.09. The van der Waals surface area contributed by atoms with Crippen LogP contribution in [0, 0.1) is 0 Å². The number of furan rings is 2. The molecule has 0 unspecified atom stereocenters. The monoisotopic (exact) mass is 347 g/mol. The van der Waals surface area contributed by atoms with Gasteiger partial charge in [0, 0.05) is 34.1 Å². The Morgan fingerprint density at radius 3 is 2.50 bits per heavy atom. The van der Waals surface area contributed by atoms with Gasteiger partial charge in [0.2, 0.25) is 0 Å². The van der Waals surface area contributed by atoms with Gasteiger partial charge in [0.25, 0.3) is 0 Å². The average molecular weight is 347 g/mol. The fourth-order valence-electron chi connectivity index (χ4n) is 3.58. The van der Waals surface area contributed by atoms with Gasteiger partial charge in [0.15, 0.2) is 0 Å². The van der Waals surface area contributed by atoms with Crippen LogP contribution in [0.2, 0.25) is 0 Å². The lowest BCUT2D eigenvalue weighted by Gasteiger charge is -2.22. The smallest absolute Gasteiger partial charge is 0.137 e. The number of fused-ring (bicyclic) bond motifs is 2. The largest absolute Gasteiger partial charge is 0.464 e. The van der Waals surface area contributed by atoms with E-state index in [0.29, 0.717) is 0 Å². The third kappa shape index (κ3) is 2.92. The summed E-state index contributed by atoms with van der Waals surface area (Å²) < 4.78 is 11.9. The van der Waals surface area contributed by atoms with Gasteiger partial charge < -0.3 is 8.83 Å². The van der Waals surface area contributed by atoms with Crippen molar-refractivity contribution in [2.75, 3.05) is 0 Å². The highest BCUT2D eigenvalue weighted by molar-refractivity contribution is 5.83. The van der Waals surface area contributed by atoms with E-state index in [1.54, 1.807) is 6.20 Å². The zero-order valence-corrected chi connectivity index (χ0v) is 16.1. The SMILES string of the molecule is CC(C)(C)c1coc2cc(CC(C)(C)c3cc4cnccc4o3)ccc12. The molecular weight excluding hydrogens is 322 g/mol. The van der Waals surface area contributed by atoms with Crippen molar-refractivity contribution in [2.45, 2.75) is 51.9 Å². The topological polar surface area (TPSA) is 39.2 Å². The normalized spacial score (nSPS) is 13.0. The minimum Gasteiger partial charge on any atom is -0.464 e. The van der Waals surface area contributed by atoms with Gasteiger partial charge in [0.1, 0.15) is 16.9 Å². The van der Waals surface area contributed by atoms with Crippen LogP contribution < -0.4 is 0 Å². The van der Waals surface area contributed by atoms with Crippen LogP contribution in [0.5, 0.6) is 0 Å². The molecule has 0 radical (unpaired) electrons. The lowest BCUT2D eigenvalue weighted by molar-refractivity contribution is 0.399. The van der Waals surface area contributed by atoms with Crippen LogP contribution in [-0.4, -0.2) is 4.98 Å². The molecular formula is C23H25NO2. The molecule has 134 valence electrons. The van der Waals surface area contributed by atoms with E-state index in [-0.39, 0.29) is 10.8 Å². The number of hydrogen-bond acceptors (Lipinski definition) is 3. The third-order valence-corrected chi connectivity index (χ3v) is 5.08. The molecule has 4 rings (SSSR count). The number of pyridine rings is 1. The first-order chi connectivity index (χ1) is 12.2. The molecule has 0 fully saturated rings. The summed E-state index contributed by atoms with van der Waals surface area (Å²) in [6, 6.07) is 10.6. The molecule has 0 N–H and O–H groups in total. The van der Waals surface area contributed by atoms with Crippen molar-refractivity contribution in [2.24, 2.45) is 0 Å². The number of rotatable bonds is 3. The quantitative estimate of drug-likeness (QED) is 0.431. The predicted molar refractivity (Wildman–Crippen MR) is 106 cm³/mol. The van der Waals surface area contributed by atoms with Crippen LogP contribution in [-0.2, 0) is 17.3 Å². The Bertz CT molecular complexity index is 1040. The van der Waals surface area contributed by atoms with Gasteiger partial charge in [-0.3, -0.25) is 4.98 Å². The maximum absolute atomic E-state index is 6.08. The Morgan fingerprint density at radius 1 is 0.962 bits per heavy atom. The summed E-state index contributed by atoms with van der Waals surface area (Å²) in [6.07, 6.45) is 6.38. The van der Waals surface area contributed by atoms with Crippen LogP contribution in [0.4, 0.5) is 0 Å². The Labute approximate surface area is 154 Å². The van der Waals surface area contributed by atoms with Crippen LogP contribution in [0.15, 0.2) is 57.8 Å². The summed E-state index contributed by atoms with van der Waals surface area (Å²) in [5.41, 5.74) is 4.30. The Kier molecular flexibility index (Phi) is 3.72. The molecule has 0 atom stereocenters. The molecule has 0 saturated carbocycles. The summed E-state index contributed by atoms with van der Waals surface area (Å²) in [5, 5.41) is 2.25. The number of hydrogen-bond donors (Lipinski definition) is 0. The summed E-state index contributed by atoms with van der Waals surface area (Å²) in [4.78, 5) is 4.18. The molecule has 4 aromatic rings. The third-order valence-electron chi connectivity index (χ3n) is 5.08. The van der Waals surface area contributed by atoms with E-state index in [9.17, 15) is 0 Å². The Hall–Kier alpha value is -2.55. The second-order valence-corrected chi connectivity index (χ2v) is 8.81. The van der Waals surface area contributed by atoms with Crippen LogP contribution in [0.3, 0.4) is 0 Å². The van der Waals surface area contributed by atoms with E-state index in [1.807, 2.05) is 18.5 Å². The zero-order valence-electron chi connectivity index (χ0n) is 16.1. The second-order valence-electron chi connectivity index (χ2n) is 8.81. The van der Waals surface area contributed by atoms with Crippen LogP contribution in [0.25, 0.3) is 21.9 Å². The second kappa shape index (κ2) is 5.73. The number of aromatic nitrogens is 1. The molecule has 0 bridgehead atoms. The Morgan fingerprint density at radius 2 is 1.77 bits per heavy atom. The molecule has 3 nitrogen and oxygen atoms in total. The Balaban J connectivity index is 1.67. The van der Waals surface area contributed by atoms with Crippen molar-refractivity contribution in [3.8, 4) is 0 Å². The summed E-state index contributed by atoms with van der Waals surface area (Å²) in [7, 11) is 0. The van der Waals surface area contributed by atoms with E-state index in [0.717, 1.165) is 28.7 Å². The minimum atomic E-state index is -0.119. The van der Waals surface area contributed by atoms with Crippen molar-refractivity contribution in [1.82, 2.24) is 4.98 Å². The van der Waals surface area contributed by atoms with Crippen LogP contribution >= 0.6 is 0 Å². The molecule has 0 amide bonds. The molecule has 0 aliphatic rings. The van der Waals surface area contributed by atoms with Gasteiger partial charge in [-0.15, -0.1) is 0 Å². The molecule has 0 aliphatic heterocycles. The van der Waals surface area contributed by atoms with Crippen molar-refractivity contribution >= 4 is 21.9 Å². The molecule has 0 saturated heterocycles. The minimum absolute atomic E-state index is 0.0777. The summed E-state index contributed by atoms with van der Waals surface area (Å²) >= 11 is 0. The van der Waals surface area contributed by atoms with E-state index in [4.69, 9.17) is 8.83 Å². The van der Waals surface area contributed by atoms with Crippen molar-refractivity contribution < 1.29 is 8.83 Å². The molecule has 3 aromatic heterocycles. The zero-order chi connectivity index (χ0) is 18.5. The highest BCUT2D eigenvalue weighted by atomic mass is 16.3. The molecule has 0 spiro atoms. The predicted octanol–water partition coefficient (Wildman–Crippen LogP) is 6.39. The fourth-order valence-corrected chi connectivity index (χ4v) is 3.58. The summed E-state index contributed by atoms with van der Waals surface area (Å²) in [6.45, 7) is 11.1. The van der Waals surface area contributed by atoms with Gasteiger partial charge in [-0.1, -0.05) is 46.8 Å². The summed E-state index contributed by atoms with van der Waals surface area (Å²) in [5.74, 6) is 0.982. The maximum atomic E-state index is 6.08. The van der Waals surface area contributed by atoms with Gasteiger partial charge in [-0.2, -0.15) is 0 Å². The number of nitrogens with zero attached hydrogens (tertiary/aromatic N) is 1. The van der Waals surface area contributed by atoms with Crippen LogP contribution in [0.1, 0.15) is 51.5 Å². The van der Waals surface area contributed by atoms with Gasteiger partial charge in [-0.25, -0.2) is 0 Å². The fraction of sp³-hybridized carbons (Fsp3) is 0.348. The molecule has 3 heterocycles. The van der Waals surface area contributed by atoms with E-state index < -0.39 is 0 Å². The lowest BCUT2D eigenvalue weighted by Crippen LogP contribution is -2.19. The van der Waals surface area contributed by atoms with Crippen molar-refractivity contribution in [3.63, 3.8) is 0 Å². The molecule has 3 heteroatoms. The first-order valence-corrected chi connectivity index (χ1v) is 9.09.